The standard InChI is InChI=1S/C16H20ClFN2O2.ClH/c1-10(22-15-5-2-11(18)8-14(15)17)16(21)20-12-3-4-13(20)9-19-7-6-12;/h2,5,8,10,12-13,19H,3-4,6-7,9H2,1H3;1H. The molecular formula is C16H21Cl2FN2O2. The number of carbonyl (C=O) groups excluding carboxylic acids is 1. The molecule has 0 aliphatic carbocycles. The molecule has 2 aliphatic rings. The zero-order chi connectivity index (χ0) is 15.7. The fraction of sp³-hybridized carbons (Fsp3) is 0.562. The Labute approximate surface area is 146 Å². The van der Waals surface area contributed by atoms with Crippen molar-refractivity contribution in [3.05, 3.63) is 29.0 Å². The van der Waals surface area contributed by atoms with Crippen molar-refractivity contribution in [2.75, 3.05) is 13.1 Å². The summed E-state index contributed by atoms with van der Waals surface area (Å²) < 4.78 is 18.7. The van der Waals surface area contributed by atoms with Crippen molar-refractivity contribution in [1.29, 1.82) is 0 Å². The molecule has 0 radical (unpaired) electrons. The van der Waals surface area contributed by atoms with Gasteiger partial charge in [-0.15, -0.1) is 12.4 Å². The third-order valence-corrected chi connectivity index (χ3v) is 4.75. The molecule has 2 saturated heterocycles. The van der Waals surface area contributed by atoms with Gasteiger partial charge in [0.15, 0.2) is 6.10 Å². The van der Waals surface area contributed by atoms with Crippen molar-refractivity contribution >= 4 is 29.9 Å². The minimum absolute atomic E-state index is 0. The minimum atomic E-state index is -0.635. The highest BCUT2D eigenvalue weighted by atomic mass is 35.5. The molecule has 0 saturated carbocycles. The predicted molar refractivity (Wildman–Crippen MR) is 89.9 cm³/mol. The number of fused-ring (bicyclic) bond motifs is 2. The van der Waals surface area contributed by atoms with Gasteiger partial charge in [0, 0.05) is 18.6 Å². The molecular weight excluding hydrogens is 342 g/mol. The van der Waals surface area contributed by atoms with E-state index in [9.17, 15) is 9.18 Å². The Morgan fingerprint density at radius 1 is 1.39 bits per heavy atom. The van der Waals surface area contributed by atoms with Gasteiger partial charge >= 0.3 is 0 Å². The zero-order valence-electron chi connectivity index (χ0n) is 12.9. The summed E-state index contributed by atoms with van der Waals surface area (Å²) in [6, 6.07) is 4.46. The first-order valence-electron chi connectivity index (χ1n) is 7.71. The van der Waals surface area contributed by atoms with E-state index in [1.807, 2.05) is 4.90 Å². The van der Waals surface area contributed by atoms with Crippen molar-refractivity contribution in [2.24, 2.45) is 0 Å². The molecule has 1 aromatic rings. The summed E-state index contributed by atoms with van der Waals surface area (Å²) in [6.45, 7) is 3.51. The molecule has 1 amide bonds. The normalized spacial score (nSPS) is 24.6. The van der Waals surface area contributed by atoms with Gasteiger partial charge in [0.2, 0.25) is 0 Å². The van der Waals surface area contributed by atoms with Crippen LogP contribution in [0.5, 0.6) is 5.75 Å². The number of benzene rings is 1. The number of amides is 1. The molecule has 2 fully saturated rings. The first-order valence-corrected chi connectivity index (χ1v) is 8.08. The summed E-state index contributed by atoms with van der Waals surface area (Å²) in [6.07, 6.45) is 2.44. The summed E-state index contributed by atoms with van der Waals surface area (Å²) in [7, 11) is 0. The van der Waals surface area contributed by atoms with Gasteiger partial charge < -0.3 is 15.0 Å². The van der Waals surface area contributed by atoms with E-state index in [0.717, 1.165) is 32.4 Å². The highest BCUT2D eigenvalue weighted by molar-refractivity contribution is 6.32. The van der Waals surface area contributed by atoms with E-state index in [1.165, 1.54) is 18.2 Å². The van der Waals surface area contributed by atoms with Crippen LogP contribution < -0.4 is 10.1 Å². The number of nitrogens with zero attached hydrogens (tertiary/aromatic N) is 1. The van der Waals surface area contributed by atoms with Crippen molar-refractivity contribution in [3.8, 4) is 5.75 Å². The lowest BCUT2D eigenvalue weighted by Crippen LogP contribution is -2.48. The quantitative estimate of drug-likeness (QED) is 0.898. The zero-order valence-corrected chi connectivity index (χ0v) is 14.5. The van der Waals surface area contributed by atoms with Crippen molar-refractivity contribution in [2.45, 2.75) is 44.4 Å². The average molecular weight is 363 g/mol. The van der Waals surface area contributed by atoms with E-state index in [0.29, 0.717) is 11.8 Å². The molecule has 0 aromatic heterocycles. The molecule has 3 rings (SSSR count). The van der Waals surface area contributed by atoms with Gasteiger partial charge in [-0.25, -0.2) is 4.39 Å². The maximum absolute atomic E-state index is 13.1. The van der Waals surface area contributed by atoms with Crippen molar-refractivity contribution in [1.82, 2.24) is 10.2 Å². The Morgan fingerprint density at radius 2 is 2.13 bits per heavy atom. The second-order valence-corrected chi connectivity index (χ2v) is 6.37. The molecule has 7 heteroatoms. The molecule has 2 aliphatic heterocycles. The molecule has 1 aromatic carbocycles. The van der Waals surface area contributed by atoms with E-state index in [1.54, 1.807) is 6.92 Å². The number of nitrogens with one attached hydrogen (secondary N) is 1. The average Bonchev–Trinajstić information content (AvgIpc) is 2.74. The Hall–Kier alpha value is -1.04. The number of carbonyl (C=O) groups is 1. The van der Waals surface area contributed by atoms with E-state index in [2.05, 4.69) is 5.32 Å². The first-order chi connectivity index (χ1) is 10.6. The number of rotatable bonds is 3. The minimum Gasteiger partial charge on any atom is -0.479 e. The van der Waals surface area contributed by atoms with E-state index < -0.39 is 11.9 Å². The molecule has 1 N–H and O–H groups in total. The number of ether oxygens (including phenoxy) is 1. The van der Waals surface area contributed by atoms with Crippen molar-refractivity contribution < 1.29 is 13.9 Å². The lowest BCUT2D eigenvalue weighted by molar-refractivity contribution is -0.140. The summed E-state index contributed by atoms with van der Waals surface area (Å²) >= 11 is 5.96. The molecule has 128 valence electrons. The predicted octanol–water partition coefficient (Wildman–Crippen LogP) is 3.02. The van der Waals surface area contributed by atoms with Gasteiger partial charge in [-0.2, -0.15) is 0 Å². The lowest BCUT2D eigenvalue weighted by atomic mass is 10.1. The largest absolute Gasteiger partial charge is 0.479 e. The number of hydrogen-bond donors (Lipinski definition) is 1. The van der Waals surface area contributed by atoms with Crippen LogP contribution in [-0.2, 0) is 4.79 Å². The van der Waals surface area contributed by atoms with Crippen molar-refractivity contribution in [3.63, 3.8) is 0 Å². The Morgan fingerprint density at radius 3 is 2.87 bits per heavy atom. The SMILES string of the molecule is CC(Oc1ccc(F)cc1Cl)C(=O)N1C2CCNCC1CC2.Cl. The van der Waals surface area contributed by atoms with Gasteiger partial charge in [0.25, 0.3) is 5.91 Å². The smallest absolute Gasteiger partial charge is 0.263 e. The fourth-order valence-electron chi connectivity index (χ4n) is 3.36. The van der Waals surface area contributed by atoms with Gasteiger partial charge in [-0.05, 0) is 50.9 Å². The molecule has 0 spiro atoms. The lowest BCUT2D eigenvalue weighted by Gasteiger charge is -2.30. The van der Waals surface area contributed by atoms with Gasteiger partial charge in [0.1, 0.15) is 11.6 Å². The van der Waals surface area contributed by atoms with Crippen LogP contribution in [0.1, 0.15) is 26.2 Å². The summed E-state index contributed by atoms with van der Waals surface area (Å²) in [5.41, 5.74) is 0. The second-order valence-electron chi connectivity index (χ2n) is 5.96. The molecule has 23 heavy (non-hydrogen) atoms. The van der Waals surface area contributed by atoms with Crippen LogP contribution in [0.2, 0.25) is 5.02 Å². The third kappa shape index (κ3) is 3.90. The highest BCUT2D eigenvalue weighted by Crippen LogP contribution is 2.30. The van der Waals surface area contributed by atoms with Gasteiger partial charge in [-0.3, -0.25) is 4.79 Å². The van der Waals surface area contributed by atoms with Gasteiger partial charge in [0.05, 0.1) is 5.02 Å². The molecule has 4 nitrogen and oxygen atoms in total. The Bertz CT molecular complexity index is 559. The second kappa shape index (κ2) is 7.69. The summed E-state index contributed by atoms with van der Waals surface area (Å²) in [5.74, 6) is -0.103. The van der Waals surface area contributed by atoms with Crippen LogP contribution in [0.3, 0.4) is 0 Å². The fourth-order valence-corrected chi connectivity index (χ4v) is 3.58. The monoisotopic (exact) mass is 362 g/mol. The molecule has 3 atom stereocenters. The van der Waals surface area contributed by atoms with Crippen LogP contribution >= 0.6 is 24.0 Å². The number of hydrogen-bond acceptors (Lipinski definition) is 3. The summed E-state index contributed by atoms with van der Waals surface area (Å²) in [5, 5.41) is 3.55. The number of halogens is 3. The van der Waals surface area contributed by atoms with Crippen LogP contribution in [0.25, 0.3) is 0 Å². The third-order valence-electron chi connectivity index (χ3n) is 4.45. The summed E-state index contributed by atoms with van der Waals surface area (Å²) in [4.78, 5) is 14.7. The first kappa shape index (κ1) is 18.3. The van der Waals surface area contributed by atoms with Crippen LogP contribution in [0, 0.1) is 5.82 Å². The maximum atomic E-state index is 13.1. The Balaban J connectivity index is 0.00000192. The van der Waals surface area contributed by atoms with E-state index >= 15 is 0 Å². The molecule has 2 bridgehead atoms. The van der Waals surface area contributed by atoms with Crippen LogP contribution in [0.4, 0.5) is 4.39 Å². The van der Waals surface area contributed by atoms with E-state index in [-0.39, 0.29) is 29.4 Å². The highest BCUT2D eigenvalue weighted by Gasteiger charge is 2.40. The molecule has 3 unspecified atom stereocenters. The topological polar surface area (TPSA) is 41.6 Å². The van der Waals surface area contributed by atoms with Crippen LogP contribution in [-0.4, -0.2) is 42.1 Å². The Kier molecular flexibility index (Phi) is 6.12. The van der Waals surface area contributed by atoms with Gasteiger partial charge in [-0.1, -0.05) is 11.6 Å². The van der Waals surface area contributed by atoms with Crippen LogP contribution in [0.15, 0.2) is 18.2 Å². The van der Waals surface area contributed by atoms with E-state index in [4.69, 9.17) is 16.3 Å². The maximum Gasteiger partial charge on any atom is 0.263 e. The molecule has 2 heterocycles.